The van der Waals surface area contributed by atoms with Crippen LogP contribution in [0.1, 0.15) is 43.2 Å². The number of aryl methyl sites for hydroxylation is 1. The molecule has 1 saturated heterocycles. The molecule has 1 unspecified atom stereocenters. The first-order valence-electron chi connectivity index (χ1n) is 13.6. The molecule has 8 nitrogen and oxygen atoms in total. The molecule has 1 atom stereocenters. The van der Waals surface area contributed by atoms with Crippen molar-refractivity contribution >= 4 is 29.4 Å². The van der Waals surface area contributed by atoms with Crippen LogP contribution in [0.2, 0.25) is 0 Å². The quantitative estimate of drug-likeness (QED) is 0.385. The summed E-state index contributed by atoms with van der Waals surface area (Å²) in [6, 6.07) is 9.59. The van der Waals surface area contributed by atoms with Crippen LogP contribution in [0.5, 0.6) is 0 Å². The summed E-state index contributed by atoms with van der Waals surface area (Å²) in [5.74, 6) is 4.58. The zero-order valence-corrected chi connectivity index (χ0v) is 22.9. The van der Waals surface area contributed by atoms with E-state index in [9.17, 15) is 4.79 Å². The monoisotopic (exact) mass is 531 g/mol. The van der Waals surface area contributed by atoms with Crippen molar-refractivity contribution < 1.29 is 4.79 Å². The van der Waals surface area contributed by atoms with Crippen LogP contribution in [0, 0.1) is 12.8 Å². The highest BCUT2D eigenvalue weighted by molar-refractivity contribution is 7.99. The van der Waals surface area contributed by atoms with Crippen LogP contribution in [-0.2, 0) is 11.3 Å². The Morgan fingerprint density at radius 1 is 1.13 bits per heavy atom. The predicted molar refractivity (Wildman–Crippen MR) is 155 cm³/mol. The van der Waals surface area contributed by atoms with Gasteiger partial charge in [0.25, 0.3) is 0 Å². The minimum absolute atomic E-state index is 0.0728. The van der Waals surface area contributed by atoms with Crippen molar-refractivity contribution in [3.63, 3.8) is 0 Å². The summed E-state index contributed by atoms with van der Waals surface area (Å²) >= 11 is 1.95. The molecular weight excluding hydrogens is 494 g/mol. The van der Waals surface area contributed by atoms with Gasteiger partial charge in [-0.15, -0.1) is 0 Å². The average molecular weight is 532 g/mol. The fourth-order valence-electron chi connectivity index (χ4n) is 4.89. The van der Waals surface area contributed by atoms with E-state index in [1.165, 1.54) is 37.7 Å². The van der Waals surface area contributed by atoms with Crippen molar-refractivity contribution in [3.8, 4) is 5.82 Å². The molecule has 3 aromatic rings. The topological polar surface area (TPSA) is 88.0 Å². The molecule has 2 fully saturated rings. The van der Waals surface area contributed by atoms with Crippen LogP contribution in [-0.4, -0.2) is 56.1 Å². The summed E-state index contributed by atoms with van der Waals surface area (Å²) in [5.41, 5.74) is 2.28. The SMILES string of the molecule is Cc1ccc(CNC(=O)C(/C=C/C2CCCCC2)Nc2cc(-n3ccnc3)nc(N3CCSCC3)n2)cc1. The molecule has 0 spiro atoms. The number of nitrogens with zero attached hydrogens (tertiary/aromatic N) is 5. The van der Waals surface area contributed by atoms with Gasteiger partial charge in [0.05, 0.1) is 0 Å². The van der Waals surface area contributed by atoms with Gasteiger partial charge in [0.1, 0.15) is 24.0 Å². The molecule has 1 saturated carbocycles. The van der Waals surface area contributed by atoms with Crippen molar-refractivity contribution in [2.45, 2.75) is 51.6 Å². The molecule has 1 aromatic carbocycles. The Labute approximate surface area is 229 Å². The third kappa shape index (κ3) is 7.16. The molecule has 0 radical (unpaired) electrons. The third-order valence-corrected chi connectivity index (χ3v) is 8.10. The number of imidazole rings is 1. The molecule has 200 valence electrons. The van der Waals surface area contributed by atoms with E-state index in [1.807, 2.05) is 34.7 Å². The summed E-state index contributed by atoms with van der Waals surface area (Å²) in [6.07, 6.45) is 15.8. The largest absolute Gasteiger partial charge is 0.355 e. The maximum absolute atomic E-state index is 13.5. The maximum Gasteiger partial charge on any atom is 0.246 e. The Balaban J connectivity index is 1.38. The fraction of sp³-hybridized carbons (Fsp3) is 0.448. The van der Waals surface area contributed by atoms with Gasteiger partial charge in [-0.3, -0.25) is 9.36 Å². The Hall–Kier alpha value is -3.33. The molecule has 1 amide bonds. The van der Waals surface area contributed by atoms with E-state index in [2.05, 4.69) is 57.8 Å². The summed E-state index contributed by atoms with van der Waals surface area (Å²) in [5, 5.41) is 6.55. The van der Waals surface area contributed by atoms with Crippen LogP contribution in [0.4, 0.5) is 11.8 Å². The molecular formula is C29H37N7OS. The number of allylic oxidation sites excluding steroid dienone is 1. The molecule has 2 aromatic heterocycles. The van der Waals surface area contributed by atoms with E-state index < -0.39 is 6.04 Å². The summed E-state index contributed by atoms with van der Waals surface area (Å²) < 4.78 is 1.87. The van der Waals surface area contributed by atoms with Crippen molar-refractivity contribution in [1.29, 1.82) is 0 Å². The van der Waals surface area contributed by atoms with E-state index in [0.29, 0.717) is 24.2 Å². The minimum atomic E-state index is -0.544. The van der Waals surface area contributed by atoms with Gasteiger partial charge in [0, 0.05) is 49.6 Å². The number of nitrogens with one attached hydrogen (secondary N) is 2. The van der Waals surface area contributed by atoms with Gasteiger partial charge >= 0.3 is 0 Å². The lowest BCUT2D eigenvalue weighted by molar-refractivity contribution is -0.121. The number of thioether (sulfide) groups is 1. The van der Waals surface area contributed by atoms with E-state index >= 15 is 0 Å². The number of benzene rings is 1. The van der Waals surface area contributed by atoms with Crippen LogP contribution in [0.3, 0.4) is 0 Å². The second-order valence-electron chi connectivity index (χ2n) is 10.1. The number of hydrogen-bond donors (Lipinski definition) is 2. The fourth-order valence-corrected chi connectivity index (χ4v) is 5.79. The highest BCUT2D eigenvalue weighted by Crippen LogP contribution is 2.25. The van der Waals surface area contributed by atoms with Gasteiger partial charge < -0.3 is 15.5 Å². The average Bonchev–Trinajstić information content (AvgIpc) is 3.51. The number of carbonyl (C=O) groups excluding carboxylic acids is 1. The highest BCUT2D eigenvalue weighted by Gasteiger charge is 2.21. The standard InChI is InChI=1S/C29H37N7OS/c1-22-7-9-24(10-8-22)20-31-28(37)25(12-11-23-5-3-2-4-6-23)32-26-19-27(36-14-13-30-21-36)34-29(33-26)35-15-17-38-18-16-35/h7-14,19,21,23,25H,2-6,15-18,20H2,1H3,(H,31,37)(H,32,33,34)/b12-11+. The minimum Gasteiger partial charge on any atom is -0.355 e. The Bertz CT molecular complexity index is 1200. The molecule has 2 aliphatic rings. The molecule has 38 heavy (non-hydrogen) atoms. The normalized spacial score (nSPS) is 17.4. The summed E-state index contributed by atoms with van der Waals surface area (Å²) in [4.78, 5) is 29.6. The molecule has 5 rings (SSSR count). The number of aromatic nitrogens is 4. The molecule has 0 bridgehead atoms. The first-order valence-corrected chi connectivity index (χ1v) is 14.8. The number of carbonyl (C=O) groups is 1. The second-order valence-corrected chi connectivity index (χ2v) is 11.3. The number of rotatable bonds is 9. The van der Waals surface area contributed by atoms with Crippen molar-refractivity contribution in [3.05, 3.63) is 72.3 Å². The van der Waals surface area contributed by atoms with Gasteiger partial charge in [0.15, 0.2) is 0 Å². The van der Waals surface area contributed by atoms with Gasteiger partial charge in [-0.2, -0.15) is 21.7 Å². The van der Waals surface area contributed by atoms with Crippen LogP contribution < -0.4 is 15.5 Å². The van der Waals surface area contributed by atoms with Gasteiger partial charge in [-0.1, -0.05) is 61.2 Å². The van der Waals surface area contributed by atoms with Crippen LogP contribution in [0.25, 0.3) is 5.82 Å². The van der Waals surface area contributed by atoms with E-state index in [1.54, 1.807) is 12.5 Å². The van der Waals surface area contributed by atoms with Crippen molar-refractivity contribution in [2.24, 2.45) is 5.92 Å². The summed E-state index contributed by atoms with van der Waals surface area (Å²) in [7, 11) is 0. The highest BCUT2D eigenvalue weighted by atomic mass is 32.2. The Morgan fingerprint density at radius 3 is 2.66 bits per heavy atom. The zero-order valence-electron chi connectivity index (χ0n) is 22.1. The van der Waals surface area contributed by atoms with Crippen LogP contribution in [0.15, 0.2) is 61.2 Å². The lowest BCUT2D eigenvalue weighted by Crippen LogP contribution is -2.39. The smallest absolute Gasteiger partial charge is 0.246 e. The van der Waals surface area contributed by atoms with E-state index in [-0.39, 0.29) is 5.91 Å². The van der Waals surface area contributed by atoms with Gasteiger partial charge in [0.2, 0.25) is 11.9 Å². The molecule has 9 heteroatoms. The van der Waals surface area contributed by atoms with Gasteiger partial charge in [-0.05, 0) is 31.2 Å². The van der Waals surface area contributed by atoms with Crippen LogP contribution >= 0.6 is 11.8 Å². The molecule has 2 N–H and O–H groups in total. The first kappa shape index (κ1) is 26.3. The molecule has 3 heterocycles. The summed E-state index contributed by atoms with van der Waals surface area (Å²) in [6.45, 7) is 4.35. The zero-order chi connectivity index (χ0) is 26.2. The number of amides is 1. The third-order valence-electron chi connectivity index (χ3n) is 7.16. The van der Waals surface area contributed by atoms with Gasteiger partial charge in [-0.25, -0.2) is 4.98 Å². The second kappa shape index (κ2) is 13.0. The number of hydrogen-bond acceptors (Lipinski definition) is 7. The maximum atomic E-state index is 13.5. The van der Waals surface area contributed by atoms with Crippen molar-refractivity contribution in [2.75, 3.05) is 34.8 Å². The van der Waals surface area contributed by atoms with E-state index in [4.69, 9.17) is 9.97 Å². The lowest BCUT2D eigenvalue weighted by Gasteiger charge is -2.27. The van der Waals surface area contributed by atoms with E-state index in [0.717, 1.165) is 36.0 Å². The molecule has 1 aliphatic heterocycles. The predicted octanol–water partition coefficient (Wildman–Crippen LogP) is 4.76. The first-order chi connectivity index (χ1) is 18.6. The lowest BCUT2D eigenvalue weighted by atomic mass is 9.89. The Kier molecular flexibility index (Phi) is 8.96. The Morgan fingerprint density at radius 2 is 1.92 bits per heavy atom. The molecule has 1 aliphatic carbocycles. The number of anilines is 2. The van der Waals surface area contributed by atoms with Crippen molar-refractivity contribution in [1.82, 2.24) is 24.8 Å².